The van der Waals surface area contributed by atoms with E-state index >= 15 is 0 Å². The smallest absolute Gasteiger partial charge is 0.335 e. The molecular weight excluding hydrogens is 276 g/mol. The maximum atomic E-state index is 13.5. The van der Waals surface area contributed by atoms with E-state index < -0.39 is 30.8 Å². The van der Waals surface area contributed by atoms with Crippen molar-refractivity contribution in [3.63, 3.8) is 0 Å². The molecule has 114 valence electrons. The fraction of sp³-hybridized carbons (Fsp3) is 1.00. The van der Waals surface area contributed by atoms with Gasteiger partial charge in [0.25, 0.3) is 0 Å². The molecule has 6 heteroatoms. The summed E-state index contributed by atoms with van der Waals surface area (Å²) in [4.78, 5) is 0. The summed E-state index contributed by atoms with van der Waals surface area (Å²) >= 11 is 0. The van der Waals surface area contributed by atoms with Gasteiger partial charge < -0.3 is 9.47 Å². The molecule has 0 unspecified atom stereocenters. The molecule has 5 fully saturated rings. The number of rotatable bonds is 0. The number of halogens is 4. The Bertz CT molecular complexity index is 375. The normalized spacial score (nSPS) is 47.4. The van der Waals surface area contributed by atoms with Gasteiger partial charge in [-0.1, -0.05) is 0 Å². The second-order valence-corrected chi connectivity index (χ2v) is 7.01. The molecule has 20 heavy (non-hydrogen) atoms. The Hall–Kier alpha value is -0.360. The summed E-state index contributed by atoms with van der Waals surface area (Å²) in [6, 6.07) is 0. The monoisotopic (exact) mass is 294 g/mol. The summed E-state index contributed by atoms with van der Waals surface area (Å²) in [5.74, 6) is -8.28. The SMILES string of the molecule is FC1(F)COC2(OCC1(F)F)C1CC3CC(C1)CC2C3. The number of hydrogen-bond donors (Lipinski definition) is 0. The predicted molar refractivity (Wildman–Crippen MR) is 61.6 cm³/mol. The van der Waals surface area contributed by atoms with Gasteiger partial charge in [-0.2, -0.15) is 17.6 Å². The van der Waals surface area contributed by atoms with Crippen molar-refractivity contribution in [2.24, 2.45) is 23.7 Å². The van der Waals surface area contributed by atoms with Crippen molar-refractivity contribution in [3.05, 3.63) is 0 Å². The molecule has 1 aliphatic heterocycles. The highest BCUT2D eigenvalue weighted by Crippen LogP contribution is 2.61. The number of ether oxygens (including phenoxy) is 2. The van der Waals surface area contributed by atoms with Crippen LogP contribution in [0.4, 0.5) is 17.6 Å². The van der Waals surface area contributed by atoms with Gasteiger partial charge in [-0.3, -0.25) is 0 Å². The third kappa shape index (κ3) is 1.64. The first-order valence-electron chi connectivity index (χ1n) is 7.36. The number of hydrogen-bond acceptors (Lipinski definition) is 2. The summed E-state index contributed by atoms with van der Waals surface area (Å²) in [6.07, 6.45) is 4.65. The second-order valence-electron chi connectivity index (χ2n) is 7.01. The Kier molecular flexibility index (Phi) is 2.59. The highest BCUT2D eigenvalue weighted by atomic mass is 19.3. The van der Waals surface area contributed by atoms with Gasteiger partial charge >= 0.3 is 11.8 Å². The highest BCUT2D eigenvalue weighted by Gasteiger charge is 2.66. The Balaban J connectivity index is 1.65. The van der Waals surface area contributed by atoms with Crippen molar-refractivity contribution >= 4 is 0 Å². The van der Waals surface area contributed by atoms with Crippen LogP contribution in [0.2, 0.25) is 0 Å². The fourth-order valence-corrected chi connectivity index (χ4v) is 4.97. The molecule has 0 aromatic heterocycles. The predicted octanol–water partition coefficient (Wildman–Crippen LogP) is 3.46. The van der Waals surface area contributed by atoms with E-state index in [1.165, 1.54) is 6.42 Å². The maximum Gasteiger partial charge on any atom is 0.335 e. The third-order valence-electron chi connectivity index (χ3n) is 5.77. The molecule has 2 nitrogen and oxygen atoms in total. The summed E-state index contributed by atoms with van der Waals surface area (Å²) < 4.78 is 64.7. The van der Waals surface area contributed by atoms with Crippen LogP contribution in [0.3, 0.4) is 0 Å². The maximum absolute atomic E-state index is 13.5. The zero-order chi connectivity index (χ0) is 14.2. The summed E-state index contributed by atoms with van der Waals surface area (Å²) in [6.45, 7) is -2.47. The summed E-state index contributed by atoms with van der Waals surface area (Å²) in [5.41, 5.74) is 0. The van der Waals surface area contributed by atoms with Gasteiger partial charge in [-0.05, 0) is 43.9 Å². The van der Waals surface area contributed by atoms with Crippen LogP contribution >= 0.6 is 0 Å². The summed E-state index contributed by atoms with van der Waals surface area (Å²) in [7, 11) is 0. The van der Waals surface area contributed by atoms with E-state index in [9.17, 15) is 17.6 Å². The Morgan fingerprint density at radius 1 is 0.650 bits per heavy atom. The van der Waals surface area contributed by atoms with Crippen LogP contribution in [0.15, 0.2) is 0 Å². The van der Waals surface area contributed by atoms with Crippen LogP contribution in [0.1, 0.15) is 32.1 Å². The van der Waals surface area contributed by atoms with Crippen molar-refractivity contribution in [3.8, 4) is 0 Å². The first-order chi connectivity index (χ1) is 9.32. The molecule has 0 amide bonds. The van der Waals surface area contributed by atoms with E-state index in [0.717, 1.165) is 25.7 Å². The molecule has 0 radical (unpaired) electrons. The Morgan fingerprint density at radius 2 is 1.05 bits per heavy atom. The molecule has 4 saturated carbocycles. The fourth-order valence-electron chi connectivity index (χ4n) is 4.97. The van der Waals surface area contributed by atoms with Crippen LogP contribution in [0.25, 0.3) is 0 Å². The minimum atomic E-state index is -4.15. The van der Waals surface area contributed by atoms with Gasteiger partial charge in [0.1, 0.15) is 13.2 Å². The lowest BCUT2D eigenvalue weighted by Crippen LogP contribution is -2.60. The molecule has 1 spiro atoms. The van der Waals surface area contributed by atoms with Gasteiger partial charge in [0.15, 0.2) is 5.79 Å². The Labute approximate surface area is 114 Å². The second kappa shape index (κ2) is 3.88. The molecule has 0 atom stereocenters. The molecule has 4 aliphatic carbocycles. The minimum Gasteiger partial charge on any atom is -0.343 e. The largest absolute Gasteiger partial charge is 0.343 e. The van der Waals surface area contributed by atoms with Gasteiger partial charge in [-0.25, -0.2) is 0 Å². The van der Waals surface area contributed by atoms with Crippen LogP contribution < -0.4 is 0 Å². The molecule has 1 heterocycles. The van der Waals surface area contributed by atoms with E-state index in [0.29, 0.717) is 11.8 Å². The number of alkyl halides is 4. The van der Waals surface area contributed by atoms with E-state index in [4.69, 9.17) is 9.47 Å². The summed E-state index contributed by atoms with van der Waals surface area (Å²) in [5, 5.41) is 0. The lowest BCUT2D eigenvalue weighted by molar-refractivity contribution is -0.337. The first kappa shape index (κ1) is 13.3. The molecule has 5 aliphatic rings. The zero-order valence-corrected chi connectivity index (χ0v) is 11.1. The molecule has 0 aromatic carbocycles. The van der Waals surface area contributed by atoms with Crippen LogP contribution in [0, 0.1) is 23.7 Å². The van der Waals surface area contributed by atoms with E-state index in [-0.39, 0.29) is 11.8 Å². The first-order valence-corrected chi connectivity index (χ1v) is 7.36. The topological polar surface area (TPSA) is 18.5 Å². The van der Waals surface area contributed by atoms with E-state index in [2.05, 4.69) is 0 Å². The van der Waals surface area contributed by atoms with Crippen molar-refractivity contribution in [2.45, 2.75) is 49.7 Å². The van der Waals surface area contributed by atoms with E-state index in [1.54, 1.807) is 0 Å². The lowest BCUT2D eigenvalue weighted by atomic mass is 9.53. The molecule has 1 saturated heterocycles. The lowest BCUT2D eigenvalue weighted by Gasteiger charge is -2.59. The quantitative estimate of drug-likeness (QED) is 0.637. The molecule has 0 N–H and O–H groups in total. The van der Waals surface area contributed by atoms with Crippen molar-refractivity contribution in [1.29, 1.82) is 0 Å². The Morgan fingerprint density at radius 3 is 1.45 bits per heavy atom. The molecule has 0 aromatic rings. The van der Waals surface area contributed by atoms with Gasteiger partial charge in [0.2, 0.25) is 0 Å². The van der Waals surface area contributed by atoms with Crippen LogP contribution in [-0.2, 0) is 9.47 Å². The average Bonchev–Trinajstić information content (AvgIpc) is 2.44. The zero-order valence-electron chi connectivity index (χ0n) is 11.1. The minimum absolute atomic E-state index is 0.00319. The third-order valence-corrected chi connectivity index (χ3v) is 5.77. The highest BCUT2D eigenvalue weighted by molar-refractivity contribution is 5.05. The van der Waals surface area contributed by atoms with Gasteiger partial charge in [-0.15, -0.1) is 0 Å². The van der Waals surface area contributed by atoms with E-state index in [1.807, 2.05) is 0 Å². The molecule has 4 bridgehead atoms. The average molecular weight is 294 g/mol. The molecule has 5 rings (SSSR count). The standard InChI is InChI=1S/C14H18F4O2/c15-12(16)6-19-14(20-7-13(12,17)18)10-2-8-1-9(4-10)5-11(14)3-8/h8-11H,1-7H2. The van der Waals surface area contributed by atoms with Gasteiger partial charge in [0, 0.05) is 11.8 Å². The van der Waals surface area contributed by atoms with Crippen LogP contribution in [0.5, 0.6) is 0 Å². The van der Waals surface area contributed by atoms with Crippen molar-refractivity contribution < 1.29 is 27.0 Å². The van der Waals surface area contributed by atoms with Crippen LogP contribution in [-0.4, -0.2) is 30.8 Å². The molecular formula is C14H18F4O2. The van der Waals surface area contributed by atoms with Crippen molar-refractivity contribution in [2.75, 3.05) is 13.2 Å². The van der Waals surface area contributed by atoms with Crippen molar-refractivity contribution in [1.82, 2.24) is 0 Å². The van der Waals surface area contributed by atoms with Gasteiger partial charge in [0.05, 0.1) is 0 Å².